The fourth-order valence-electron chi connectivity index (χ4n) is 1.73. The molecule has 0 radical (unpaired) electrons. The van der Waals surface area contributed by atoms with E-state index in [0.29, 0.717) is 13.1 Å². The molecule has 0 aliphatic rings. The minimum absolute atomic E-state index is 0.0999. The van der Waals surface area contributed by atoms with Crippen LogP contribution in [-0.2, 0) is 11.3 Å². The topological polar surface area (TPSA) is 73.9 Å². The molecule has 0 amide bonds. The molecule has 0 saturated heterocycles. The van der Waals surface area contributed by atoms with Crippen molar-refractivity contribution in [1.29, 1.82) is 0 Å². The Balaban J connectivity index is 2.00. The zero-order chi connectivity index (χ0) is 13.7. The summed E-state index contributed by atoms with van der Waals surface area (Å²) in [7, 11) is 1.83. The van der Waals surface area contributed by atoms with Crippen LogP contribution < -0.4 is 10.2 Å². The third-order valence-corrected chi connectivity index (χ3v) is 2.64. The zero-order valence-corrected chi connectivity index (χ0v) is 11.1. The number of H-pyrrole nitrogens is 1. The third kappa shape index (κ3) is 3.80. The first kappa shape index (κ1) is 13.1. The molecule has 19 heavy (non-hydrogen) atoms. The first-order valence-corrected chi connectivity index (χ1v) is 6.03. The van der Waals surface area contributed by atoms with Crippen LogP contribution in [0, 0.1) is 0 Å². The quantitative estimate of drug-likeness (QED) is 0.821. The summed E-state index contributed by atoms with van der Waals surface area (Å²) < 4.78 is 0. The van der Waals surface area contributed by atoms with E-state index in [4.69, 9.17) is 0 Å². The van der Waals surface area contributed by atoms with Crippen LogP contribution in [0.15, 0.2) is 30.9 Å². The van der Waals surface area contributed by atoms with Crippen molar-refractivity contribution < 1.29 is 4.79 Å². The molecule has 0 aliphatic carbocycles. The summed E-state index contributed by atoms with van der Waals surface area (Å²) in [6, 6.07) is 3.83. The lowest BCUT2D eigenvalue weighted by Gasteiger charge is -2.16. The van der Waals surface area contributed by atoms with Gasteiger partial charge in [0.25, 0.3) is 0 Å². The maximum absolute atomic E-state index is 11.1. The number of nitrogens with zero attached hydrogens (tertiary/aromatic N) is 3. The fraction of sp³-hybridized carbons (Fsp3) is 0.308. The summed E-state index contributed by atoms with van der Waals surface area (Å²) in [5.41, 5.74) is 1.15. The van der Waals surface area contributed by atoms with Gasteiger partial charge < -0.3 is 15.2 Å². The van der Waals surface area contributed by atoms with Crippen LogP contribution in [0.25, 0.3) is 0 Å². The van der Waals surface area contributed by atoms with E-state index < -0.39 is 0 Å². The highest BCUT2D eigenvalue weighted by molar-refractivity contribution is 5.80. The molecule has 2 N–H and O–H groups in total. The van der Waals surface area contributed by atoms with Crippen LogP contribution in [0.4, 0.5) is 11.6 Å². The lowest BCUT2D eigenvalue weighted by Crippen LogP contribution is -2.24. The van der Waals surface area contributed by atoms with Crippen molar-refractivity contribution in [3.63, 3.8) is 0 Å². The van der Waals surface area contributed by atoms with E-state index in [2.05, 4.69) is 20.3 Å². The van der Waals surface area contributed by atoms with Crippen LogP contribution >= 0.6 is 0 Å². The van der Waals surface area contributed by atoms with Gasteiger partial charge in [0.15, 0.2) is 0 Å². The second-order valence-electron chi connectivity index (χ2n) is 4.39. The number of hydrogen-bond donors (Lipinski definition) is 2. The van der Waals surface area contributed by atoms with Crippen molar-refractivity contribution in [2.75, 3.05) is 23.8 Å². The number of likely N-dealkylation sites (N-methyl/N-ethyl adjacent to an activating group) is 1. The molecule has 0 aliphatic heterocycles. The summed E-state index contributed by atoms with van der Waals surface area (Å²) in [6.45, 7) is 2.59. The molecular weight excluding hydrogens is 242 g/mol. The van der Waals surface area contributed by atoms with Gasteiger partial charge in [-0.05, 0) is 18.6 Å². The molecule has 6 nitrogen and oxygen atoms in total. The van der Waals surface area contributed by atoms with Gasteiger partial charge in [0, 0.05) is 32.1 Å². The molecule has 6 heteroatoms. The van der Waals surface area contributed by atoms with E-state index in [1.54, 1.807) is 11.8 Å². The van der Waals surface area contributed by atoms with Crippen LogP contribution in [-0.4, -0.2) is 34.3 Å². The van der Waals surface area contributed by atoms with E-state index >= 15 is 0 Å². The molecule has 2 aromatic rings. The second kappa shape index (κ2) is 5.99. The number of nitrogens with one attached hydrogen (secondary N) is 2. The molecule has 0 atom stereocenters. The van der Waals surface area contributed by atoms with Crippen LogP contribution in [0.5, 0.6) is 0 Å². The first-order chi connectivity index (χ1) is 9.15. The van der Waals surface area contributed by atoms with E-state index in [0.717, 1.165) is 17.2 Å². The first-order valence-electron chi connectivity index (χ1n) is 6.03. The van der Waals surface area contributed by atoms with Crippen molar-refractivity contribution in [3.8, 4) is 0 Å². The Morgan fingerprint density at radius 3 is 3.00 bits per heavy atom. The van der Waals surface area contributed by atoms with Crippen LogP contribution in [0.2, 0.25) is 0 Å². The Kier molecular flexibility index (Phi) is 4.12. The summed E-state index contributed by atoms with van der Waals surface area (Å²) in [6.07, 6.45) is 5.30. The average Bonchev–Trinajstić information content (AvgIpc) is 2.89. The minimum Gasteiger partial charge on any atom is -0.367 e. The lowest BCUT2D eigenvalue weighted by atomic mass is 10.3. The molecule has 2 heterocycles. The highest BCUT2D eigenvalue weighted by Gasteiger charge is 2.06. The van der Waals surface area contributed by atoms with Gasteiger partial charge in [0.1, 0.15) is 23.7 Å². The smallest absolute Gasteiger partial charge is 0.149 e. The number of ketones is 1. The molecule has 100 valence electrons. The molecule has 0 spiro atoms. The van der Waals surface area contributed by atoms with E-state index in [-0.39, 0.29) is 5.78 Å². The van der Waals surface area contributed by atoms with Gasteiger partial charge in [-0.25, -0.2) is 9.97 Å². The Labute approximate surface area is 111 Å². The summed E-state index contributed by atoms with van der Waals surface area (Å²) >= 11 is 0. The van der Waals surface area contributed by atoms with Crippen LogP contribution in [0.1, 0.15) is 12.5 Å². The predicted octanol–water partition coefficient (Wildman–Crippen LogP) is 1.44. The minimum atomic E-state index is 0.0999. The van der Waals surface area contributed by atoms with Gasteiger partial charge in [0.2, 0.25) is 0 Å². The standard InChI is InChI=1S/C13H17N5O/c1-10(19)8-18(2)13-5-12(16-9-17-13)15-7-11-3-4-14-6-11/h3-6,9,14H,7-8H2,1-2H3,(H,15,16,17). The normalized spacial score (nSPS) is 10.2. The third-order valence-electron chi connectivity index (χ3n) is 2.64. The Morgan fingerprint density at radius 2 is 2.32 bits per heavy atom. The summed E-state index contributed by atoms with van der Waals surface area (Å²) in [4.78, 5) is 24.2. The number of aromatic amines is 1. The molecule has 0 unspecified atom stereocenters. The highest BCUT2D eigenvalue weighted by Crippen LogP contribution is 2.13. The molecule has 0 fully saturated rings. The zero-order valence-electron chi connectivity index (χ0n) is 11.1. The van der Waals surface area contributed by atoms with Crippen molar-refractivity contribution in [2.24, 2.45) is 0 Å². The van der Waals surface area contributed by atoms with Gasteiger partial charge in [-0.15, -0.1) is 0 Å². The van der Waals surface area contributed by atoms with E-state index in [1.165, 1.54) is 6.33 Å². The number of carbonyl (C=O) groups excluding carboxylic acids is 1. The van der Waals surface area contributed by atoms with Gasteiger partial charge in [-0.2, -0.15) is 0 Å². The maximum Gasteiger partial charge on any atom is 0.149 e. The molecule has 0 saturated carbocycles. The van der Waals surface area contributed by atoms with E-state index in [1.807, 2.05) is 31.6 Å². The molecule has 0 aromatic carbocycles. The summed E-state index contributed by atoms with van der Waals surface area (Å²) in [5, 5.41) is 3.21. The Morgan fingerprint density at radius 1 is 1.47 bits per heavy atom. The van der Waals surface area contributed by atoms with Gasteiger partial charge >= 0.3 is 0 Å². The van der Waals surface area contributed by atoms with Crippen molar-refractivity contribution in [1.82, 2.24) is 15.0 Å². The average molecular weight is 259 g/mol. The number of hydrogen-bond acceptors (Lipinski definition) is 5. The number of anilines is 2. The molecule has 2 aromatic heterocycles. The van der Waals surface area contributed by atoms with E-state index in [9.17, 15) is 4.79 Å². The number of rotatable bonds is 6. The van der Waals surface area contributed by atoms with Gasteiger partial charge in [0.05, 0.1) is 6.54 Å². The lowest BCUT2D eigenvalue weighted by molar-refractivity contribution is -0.115. The van der Waals surface area contributed by atoms with Gasteiger partial charge in [-0.1, -0.05) is 0 Å². The highest BCUT2D eigenvalue weighted by atomic mass is 16.1. The monoisotopic (exact) mass is 259 g/mol. The largest absolute Gasteiger partial charge is 0.367 e. The fourth-order valence-corrected chi connectivity index (χ4v) is 1.73. The SMILES string of the molecule is CC(=O)CN(C)c1cc(NCc2cc[nH]c2)ncn1. The second-order valence-corrected chi connectivity index (χ2v) is 4.39. The van der Waals surface area contributed by atoms with Crippen molar-refractivity contribution in [2.45, 2.75) is 13.5 Å². The number of aromatic nitrogens is 3. The summed E-state index contributed by atoms with van der Waals surface area (Å²) in [5.74, 6) is 1.56. The molecule has 0 bridgehead atoms. The predicted molar refractivity (Wildman–Crippen MR) is 74.1 cm³/mol. The van der Waals surface area contributed by atoms with Gasteiger partial charge in [-0.3, -0.25) is 4.79 Å². The number of carbonyl (C=O) groups is 1. The number of Topliss-reactive ketones (excluding diaryl/α,β-unsaturated/α-hetero) is 1. The van der Waals surface area contributed by atoms with Crippen molar-refractivity contribution >= 4 is 17.4 Å². The molecular formula is C13H17N5O. The Bertz CT molecular complexity index is 538. The van der Waals surface area contributed by atoms with Crippen LogP contribution in [0.3, 0.4) is 0 Å². The Hall–Kier alpha value is -2.37. The maximum atomic E-state index is 11.1. The molecule has 2 rings (SSSR count). The van der Waals surface area contributed by atoms with Crippen molar-refractivity contribution in [3.05, 3.63) is 36.4 Å².